The van der Waals surface area contributed by atoms with E-state index in [1.807, 2.05) is 0 Å². The Bertz CT molecular complexity index is 961. The maximum Gasteiger partial charge on any atom is 0.340 e. The number of hydrogen-bond acceptors (Lipinski definition) is 3. The molecule has 0 saturated heterocycles. The second-order valence-corrected chi connectivity index (χ2v) is 7.29. The lowest BCUT2D eigenvalue weighted by Crippen LogP contribution is -2.35. The molecule has 0 amide bonds. The molecule has 134 valence electrons. The van der Waals surface area contributed by atoms with Gasteiger partial charge < -0.3 is 5.73 Å². The number of benzene rings is 2. The number of hydrogen-bond donors (Lipinski definition) is 3. The molecular formula is C21H24N4O. The highest BCUT2D eigenvalue weighted by atomic mass is 16.1. The van der Waals surface area contributed by atoms with Gasteiger partial charge in [-0.05, 0) is 61.9 Å². The molecule has 4 rings (SSSR count). The highest BCUT2D eigenvalue weighted by Crippen LogP contribution is 2.45. The summed E-state index contributed by atoms with van der Waals surface area (Å²) < 4.78 is 0. The molecule has 0 unspecified atom stereocenters. The van der Waals surface area contributed by atoms with Crippen LogP contribution in [-0.2, 0) is 18.3 Å². The van der Waals surface area contributed by atoms with Crippen molar-refractivity contribution in [3.8, 4) is 0 Å². The van der Waals surface area contributed by atoms with Crippen LogP contribution in [-0.4, -0.2) is 21.7 Å². The second kappa shape index (κ2) is 6.25. The Hall–Kier alpha value is -2.66. The van der Waals surface area contributed by atoms with E-state index in [4.69, 9.17) is 5.73 Å². The quantitative estimate of drug-likeness (QED) is 0.679. The predicted molar refractivity (Wildman–Crippen MR) is 103 cm³/mol. The van der Waals surface area contributed by atoms with Crippen molar-refractivity contribution in [3.63, 3.8) is 0 Å². The summed E-state index contributed by atoms with van der Waals surface area (Å²) in [5.41, 5.74) is 12.7. The molecule has 1 aliphatic rings. The number of aryl methyl sites for hydroxylation is 4. The molecule has 26 heavy (non-hydrogen) atoms. The molecule has 0 atom stereocenters. The summed E-state index contributed by atoms with van der Waals surface area (Å²) in [5.74, 6) is 0.644. The van der Waals surface area contributed by atoms with Crippen LogP contribution in [0.25, 0.3) is 0 Å². The van der Waals surface area contributed by atoms with Gasteiger partial charge in [0.1, 0.15) is 5.82 Å². The Kier molecular flexibility index (Phi) is 4.04. The van der Waals surface area contributed by atoms with E-state index in [0.717, 1.165) is 12.8 Å². The van der Waals surface area contributed by atoms with Crippen molar-refractivity contribution in [3.05, 3.63) is 86.1 Å². The molecule has 0 aliphatic heterocycles. The Morgan fingerprint density at radius 2 is 1.62 bits per heavy atom. The first kappa shape index (κ1) is 16.8. The molecule has 0 radical (unpaired) electrons. The van der Waals surface area contributed by atoms with E-state index in [9.17, 15) is 4.79 Å². The van der Waals surface area contributed by atoms with E-state index in [0.29, 0.717) is 18.8 Å². The van der Waals surface area contributed by atoms with Gasteiger partial charge in [-0.2, -0.15) is 5.10 Å². The smallest absolute Gasteiger partial charge is 0.330 e. The summed E-state index contributed by atoms with van der Waals surface area (Å²) in [6.07, 6.45) is 2.61. The van der Waals surface area contributed by atoms with E-state index in [1.54, 1.807) is 0 Å². The van der Waals surface area contributed by atoms with Gasteiger partial charge in [-0.1, -0.05) is 47.5 Å². The molecule has 5 heteroatoms. The van der Waals surface area contributed by atoms with Gasteiger partial charge in [-0.3, -0.25) is 4.98 Å². The SMILES string of the molecule is Cc1ccc2c(c1)CCc1cc(C)ccc1C2(CCN)c1n[nH]c(=O)[nH]1. The number of H-pyrrole nitrogens is 2. The molecule has 4 N–H and O–H groups in total. The van der Waals surface area contributed by atoms with Crippen LogP contribution in [0.1, 0.15) is 45.6 Å². The summed E-state index contributed by atoms with van der Waals surface area (Å²) in [4.78, 5) is 14.8. The van der Waals surface area contributed by atoms with E-state index < -0.39 is 5.41 Å². The molecular weight excluding hydrogens is 324 g/mol. The van der Waals surface area contributed by atoms with Gasteiger partial charge in [0.15, 0.2) is 0 Å². The third-order valence-corrected chi connectivity index (χ3v) is 5.53. The molecule has 0 bridgehead atoms. The second-order valence-electron chi connectivity index (χ2n) is 7.29. The number of fused-ring (bicyclic) bond motifs is 2. The van der Waals surface area contributed by atoms with Crippen molar-refractivity contribution in [1.82, 2.24) is 15.2 Å². The fraction of sp³-hybridized carbons (Fsp3) is 0.333. The van der Waals surface area contributed by atoms with Crippen LogP contribution in [0.2, 0.25) is 0 Å². The maximum absolute atomic E-state index is 11.9. The minimum absolute atomic E-state index is 0.289. The van der Waals surface area contributed by atoms with Crippen molar-refractivity contribution < 1.29 is 0 Å². The van der Waals surface area contributed by atoms with Crippen molar-refractivity contribution in [2.24, 2.45) is 5.73 Å². The highest BCUT2D eigenvalue weighted by Gasteiger charge is 2.43. The number of aromatic amines is 2. The molecule has 0 saturated carbocycles. The Morgan fingerprint density at radius 1 is 1.04 bits per heavy atom. The van der Waals surface area contributed by atoms with Crippen LogP contribution < -0.4 is 11.4 Å². The first-order valence-corrected chi connectivity index (χ1v) is 9.10. The third kappa shape index (κ3) is 2.51. The molecule has 1 heterocycles. The van der Waals surface area contributed by atoms with Crippen molar-refractivity contribution in [1.29, 1.82) is 0 Å². The molecule has 3 aromatic rings. The van der Waals surface area contributed by atoms with Crippen LogP contribution >= 0.6 is 0 Å². The van der Waals surface area contributed by atoms with Crippen molar-refractivity contribution >= 4 is 0 Å². The van der Waals surface area contributed by atoms with E-state index >= 15 is 0 Å². The number of rotatable bonds is 3. The zero-order valence-corrected chi connectivity index (χ0v) is 15.2. The summed E-state index contributed by atoms with van der Waals surface area (Å²) in [6.45, 7) is 4.72. The Labute approximate surface area is 152 Å². The van der Waals surface area contributed by atoms with Crippen molar-refractivity contribution in [2.75, 3.05) is 6.54 Å². The predicted octanol–water partition coefficient (Wildman–Crippen LogP) is 2.50. The average Bonchev–Trinajstić information content (AvgIpc) is 3.00. The average molecular weight is 348 g/mol. The Balaban J connectivity index is 2.11. The number of nitrogens with two attached hydrogens (primary N) is 1. The first-order chi connectivity index (χ1) is 12.5. The van der Waals surface area contributed by atoms with Crippen LogP contribution in [0.3, 0.4) is 0 Å². The van der Waals surface area contributed by atoms with Crippen molar-refractivity contribution in [2.45, 2.75) is 38.5 Å². The van der Waals surface area contributed by atoms with Crippen LogP contribution in [0.5, 0.6) is 0 Å². The molecule has 5 nitrogen and oxygen atoms in total. The van der Waals surface area contributed by atoms with Crippen LogP contribution in [0.4, 0.5) is 0 Å². The van der Waals surface area contributed by atoms with Gasteiger partial charge in [0, 0.05) is 0 Å². The monoisotopic (exact) mass is 348 g/mol. The fourth-order valence-corrected chi connectivity index (χ4v) is 4.44. The van der Waals surface area contributed by atoms with E-state index in [2.05, 4.69) is 65.4 Å². The summed E-state index contributed by atoms with van der Waals surface area (Å²) in [7, 11) is 0. The molecule has 2 aromatic carbocycles. The van der Waals surface area contributed by atoms with Gasteiger partial charge in [-0.25, -0.2) is 9.89 Å². The maximum atomic E-state index is 11.9. The Morgan fingerprint density at radius 3 is 2.08 bits per heavy atom. The summed E-state index contributed by atoms with van der Waals surface area (Å²) >= 11 is 0. The largest absolute Gasteiger partial charge is 0.340 e. The lowest BCUT2D eigenvalue weighted by atomic mass is 9.69. The number of nitrogens with zero attached hydrogens (tertiary/aromatic N) is 1. The summed E-state index contributed by atoms with van der Waals surface area (Å²) in [6, 6.07) is 13.1. The molecule has 0 fully saturated rings. The van der Waals surface area contributed by atoms with Gasteiger partial charge >= 0.3 is 5.69 Å². The van der Waals surface area contributed by atoms with E-state index in [-0.39, 0.29) is 5.69 Å². The molecule has 0 spiro atoms. The summed E-state index contributed by atoms with van der Waals surface area (Å²) in [5, 5.41) is 6.92. The zero-order valence-electron chi connectivity index (χ0n) is 15.2. The topological polar surface area (TPSA) is 87.6 Å². The van der Waals surface area contributed by atoms with Crippen LogP contribution in [0.15, 0.2) is 41.2 Å². The lowest BCUT2D eigenvalue weighted by molar-refractivity contribution is 0.532. The van der Waals surface area contributed by atoms with E-state index in [1.165, 1.54) is 33.4 Å². The standard InChI is InChI=1S/C21H24N4O/c1-13-3-7-17-15(11-13)5-6-16-12-14(2)4-8-18(16)21(17,9-10-22)19-23-20(26)25-24-19/h3-4,7-8,11-12H,5-6,9-10,22H2,1-2H3,(H2,23,24,25,26). The fourth-order valence-electron chi connectivity index (χ4n) is 4.44. The van der Waals surface area contributed by atoms with Gasteiger partial charge in [0.2, 0.25) is 0 Å². The number of aromatic nitrogens is 3. The number of nitrogens with one attached hydrogen (secondary N) is 2. The lowest BCUT2D eigenvalue weighted by Gasteiger charge is -2.34. The molecule has 1 aromatic heterocycles. The third-order valence-electron chi connectivity index (χ3n) is 5.53. The minimum Gasteiger partial charge on any atom is -0.330 e. The van der Waals surface area contributed by atoms with Gasteiger partial charge in [0.05, 0.1) is 5.41 Å². The zero-order chi connectivity index (χ0) is 18.3. The van der Waals surface area contributed by atoms with Crippen LogP contribution in [0, 0.1) is 13.8 Å². The first-order valence-electron chi connectivity index (χ1n) is 9.10. The molecule has 1 aliphatic carbocycles. The normalized spacial score (nSPS) is 15.2. The van der Waals surface area contributed by atoms with Gasteiger partial charge in [0.25, 0.3) is 0 Å². The highest BCUT2D eigenvalue weighted by molar-refractivity contribution is 5.55. The van der Waals surface area contributed by atoms with Gasteiger partial charge in [-0.15, -0.1) is 0 Å². The minimum atomic E-state index is -0.545.